The normalized spacial score (nSPS) is 20.3. The first kappa shape index (κ1) is 11.8. The molecule has 0 aromatic carbocycles. The molecule has 1 aliphatic rings. The fourth-order valence-electron chi connectivity index (χ4n) is 1.91. The van der Waals surface area contributed by atoms with Crippen molar-refractivity contribution >= 4 is 11.5 Å². The first-order valence-corrected chi connectivity index (χ1v) is 5.49. The summed E-state index contributed by atoms with van der Waals surface area (Å²) >= 11 is 0. The van der Waals surface area contributed by atoms with E-state index in [1.807, 2.05) is 17.0 Å². The number of aliphatic hydroxyl groups excluding tert-OH is 1. The highest BCUT2D eigenvalue weighted by Crippen LogP contribution is 2.20. The average Bonchev–Trinajstić information content (AvgIpc) is 2.39. The van der Waals surface area contributed by atoms with Crippen LogP contribution in [0.25, 0.3) is 0 Å². The Hall–Kier alpha value is -1.66. The molecule has 6 nitrogen and oxygen atoms in total. The molecule has 1 saturated heterocycles. The lowest BCUT2D eigenvalue weighted by Gasteiger charge is -2.34. The number of aromatic nitrogens is 1. The summed E-state index contributed by atoms with van der Waals surface area (Å²) in [5.41, 5.74) is 6.80. The lowest BCUT2D eigenvalue weighted by atomic mass is 10.2. The molecule has 4 N–H and O–H groups in total. The Kier molecular flexibility index (Phi) is 3.55. The zero-order valence-corrected chi connectivity index (χ0v) is 9.47. The molecule has 2 heterocycles. The molecule has 0 aliphatic carbocycles. The SMILES string of the molecule is N=C(N)c1ncccc1N1CCOC(CO)C1. The Morgan fingerprint density at radius 2 is 2.53 bits per heavy atom. The van der Waals surface area contributed by atoms with Gasteiger partial charge in [0.1, 0.15) is 11.5 Å². The lowest BCUT2D eigenvalue weighted by molar-refractivity contribution is 0.00354. The molecule has 6 heteroatoms. The van der Waals surface area contributed by atoms with Crippen LogP contribution < -0.4 is 10.6 Å². The molecule has 1 atom stereocenters. The van der Waals surface area contributed by atoms with Crippen molar-refractivity contribution in [2.24, 2.45) is 5.73 Å². The maximum absolute atomic E-state index is 9.10. The molecule has 17 heavy (non-hydrogen) atoms. The van der Waals surface area contributed by atoms with Gasteiger partial charge in [-0.3, -0.25) is 10.4 Å². The number of nitrogens with zero attached hydrogens (tertiary/aromatic N) is 2. The summed E-state index contributed by atoms with van der Waals surface area (Å²) in [5, 5.41) is 16.6. The third kappa shape index (κ3) is 2.54. The minimum Gasteiger partial charge on any atom is -0.394 e. The van der Waals surface area contributed by atoms with Crippen LogP contribution in [0.4, 0.5) is 5.69 Å². The van der Waals surface area contributed by atoms with Crippen LogP contribution >= 0.6 is 0 Å². The number of nitrogen functional groups attached to an aromatic ring is 1. The standard InChI is InChI=1S/C11H16N4O2/c12-11(13)10-9(2-1-3-14-10)15-4-5-17-8(6-15)7-16/h1-3,8,16H,4-7H2,(H3,12,13). The van der Waals surface area contributed by atoms with Crippen molar-refractivity contribution in [2.75, 3.05) is 31.2 Å². The van der Waals surface area contributed by atoms with Crippen molar-refractivity contribution in [2.45, 2.75) is 6.10 Å². The number of anilines is 1. The molecule has 92 valence electrons. The highest BCUT2D eigenvalue weighted by Gasteiger charge is 2.22. The number of morpholine rings is 1. The highest BCUT2D eigenvalue weighted by molar-refractivity contribution is 5.98. The minimum atomic E-state index is -0.191. The van der Waals surface area contributed by atoms with Crippen LogP contribution in [0.5, 0.6) is 0 Å². The molecule has 0 saturated carbocycles. The van der Waals surface area contributed by atoms with Crippen molar-refractivity contribution in [3.8, 4) is 0 Å². The average molecular weight is 236 g/mol. The Bertz CT molecular complexity index is 410. The molecule has 0 radical (unpaired) electrons. The van der Waals surface area contributed by atoms with Crippen LogP contribution in [0.2, 0.25) is 0 Å². The van der Waals surface area contributed by atoms with Crippen LogP contribution in [0.1, 0.15) is 5.69 Å². The molecule has 1 aromatic rings. The molecular weight excluding hydrogens is 220 g/mol. The zero-order chi connectivity index (χ0) is 12.3. The van der Waals surface area contributed by atoms with E-state index in [-0.39, 0.29) is 18.5 Å². The zero-order valence-electron chi connectivity index (χ0n) is 9.47. The first-order valence-electron chi connectivity index (χ1n) is 5.49. The molecule has 1 fully saturated rings. The van der Waals surface area contributed by atoms with E-state index >= 15 is 0 Å². The number of hydrogen-bond donors (Lipinski definition) is 3. The van der Waals surface area contributed by atoms with Gasteiger partial charge in [-0.2, -0.15) is 0 Å². The van der Waals surface area contributed by atoms with E-state index in [0.717, 1.165) is 5.69 Å². The molecule has 2 rings (SSSR count). The van der Waals surface area contributed by atoms with E-state index in [9.17, 15) is 0 Å². The third-order valence-electron chi connectivity index (χ3n) is 2.72. The summed E-state index contributed by atoms with van der Waals surface area (Å²) in [6, 6.07) is 3.69. The van der Waals surface area contributed by atoms with Crippen molar-refractivity contribution < 1.29 is 9.84 Å². The van der Waals surface area contributed by atoms with Crippen LogP contribution in [-0.4, -0.2) is 48.3 Å². The molecule has 0 bridgehead atoms. The number of nitrogens with two attached hydrogens (primary N) is 1. The summed E-state index contributed by atoms with van der Waals surface area (Å²) in [7, 11) is 0. The largest absolute Gasteiger partial charge is 0.394 e. The van der Waals surface area contributed by atoms with E-state index in [2.05, 4.69) is 4.98 Å². The van der Waals surface area contributed by atoms with Crippen LogP contribution in [0.15, 0.2) is 18.3 Å². The molecule has 1 aliphatic heterocycles. The summed E-state index contributed by atoms with van der Waals surface area (Å²) in [6.07, 6.45) is 1.42. The third-order valence-corrected chi connectivity index (χ3v) is 2.72. The monoisotopic (exact) mass is 236 g/mol. The van der Waals surface area contributed by atoms with E-state index in [4.69, 9.17) is 21.0 Å². The number of pyridine rings is 1. The number of rotatable bonds is 3. The quantitative estimate of drug-likeness (QED) is 0.488. The second-order valence-corrected chi connectivity index (χ2v) is 3.91. The molecule has 1 aromatic heterocycles. The topological polar surface area (TPSA) is 95.5 Å². The summed E-state index contributed by atoms with van der Waals surface area (Å²) in [4.78, 5) is 6.15. The second kappa shape index (κ2) is 5.11. The van der Waals surface area contributed by atoms with Crippen molar-refractivity contribution in [3.05, 3.63) is 24.0 Å². The van der Waals surface area contributed by atoms with Crippen LogP contribution in [0, 0.1) is 5.41 Å². The van der Waals surface area contributed by atoms with E-state index in [0.29, 0.717) is 25.4 Å². The Morgan fingerprint density at radius 3 is 3.24 bits per heavy atom. The number of nitrogens with one attached hydrogen (secondary N) is 1. The van der Waals surface area contributed by atoms with Gasteiger partial charge in [0.25, 0.3) is 0 Å². The predicted octanol–water partition coefficient (Wildman–Crippen LogP) is -0.437. The Morgan fingerprint density at radius 1 is 1.71 bits per heavy atom. The molecule has 0 spiro atoms. The van der Waals surface area contributed by atoms with Crippen molar-refractivity contribution in [3.63, 3.8) is 0 Å². The fourth-order valence-corrected chi connectivity index (χ4v) is 1.91. The van der Waals surface area contributed by atoms with Gasteiger partial charge in [0.15, 0.2) is 0 Å². The second-order valence-electron chi connectivity index (χ2n) is 3.91. The van der Waals surface area contributed by atoms with Gasteiger partial charge in [0, 0.05) is 19.3 Å². The van der Waals surface area contributed by atoms with E-state index in [1.165, 1.54) is 0 Å². The van der Waals surface area contributed by atoms with Gasteiger partial charge in [-0.25, -0.2) is 0 Å². The number of hydrogen-bond acceptors (Lipinski definition) is 5. The number of ether oxygens (including phenoxy) is 1. The van der Waals surface area contributed by atoms with Crippen LogP contribution in [0.3, 0.4) is 0 Å². The Labute approximate surface area is 99.5 Å². The van der Waals surface area contributed by atoms with Gasteiger partial charge in [-0.1, -0.05) is 0 Å². The summed E-state index contributed by atoms with van der Waals surface area (Å²) < 4.78 is 5.38. The van der Waals surface area contributed by atoms with Crippen molar-refractivity contribution in [1.82, 2.24) is 4.98 Å². The maximum Gasteiger partial charge on any atom is 0.143 e. The molecule has 0 amide bonds. The van der Waals surface area contributed by atoms with Gasteiger partial charge in [0.05, 0.1) is 25.0 Å². The highest BCUT2D eigenvalue weighted by atomic mass is 16.5. The van der Waals surface area contributed by atoms with Gasteiger partial charge in [-0.05, 0) is 12.1 Å². The van der Waals surface area contributed by atoms with E-state index in [1.54, 1.807) is 6.20 Å². The van der Waals surface area contributed by atoms with Gasteiger partial charge >= 0.3 is 0 Å². The number of amidine groups is 1. The van der Waals surface area contributed by atoms with Gasteiger partial charge in [-0.15, -0.1) is 0 Å². The summed E-state index contributed by atoms with van der Waals surface area (Å²) in [5.74, 6) is -0.0485. The smallest absolute Gasteiger partial charge is 0.143 e. The first-order chi connectivity index (χ1) is 8.22. The van der Waals surface area contributed by atoms with Crippen molar-refractivity contribution in [1.29, 1.82) is 5.41 Å². The van der Waals surface area contributed by atoms with Crippen LogP contribution in [-0.2, 0) is 4.74 Å². The van der Waals surface area contributed by atoms with Gasteiger partial charge in [0.2, 0.25) is 0 Å². The van der Waals surface area contributed by atoms with E-state index < -0.39 is 0 Å². The minimum absolute atomic E-state index is 0.00777. The lowest BCUT2D eigenvalue weighted by Crippen LogP contribution is -2.44. The predicted molar refractivity (Wildman–Crippen MR) is 64.3 cm³/mol. The Balaban J connectivity index is 2.24. The molecule has 1 unspecified atom stereocenters. The fraction of sp³-hybridized carbons (Fsp3) is 0.455. The van der Waals surface area contributed by atoms with Gasteiger partial charge < -0.3 is 20.5 Å². The molecular formula is C11H16N4O2. The number of aliphatic hydroxyl groups is 1. The summed E-state index contributed by atoms with van der Waals surface area (Å²) in [6.45, 7) is 1.84. The maximum atomic E-state index is 9.10.